The second kappa shape index (κ2) is 12.1. The average molecular weight is 354 g/mol. The Bertz CT molecular complexity index is 477. The molecule has 0 saturated heterocycles. The lowest BCUT2D eigenvalue weighted by atomic mass is 10.0. The normalized spacial score (nSPS) is 19.2. The lowest BCUT2D eigenvalue weighted by Crippen LogP contribution is -2.16. The predicted octanol–water partition coefficient (Wildman–Crippen LogP) is 2.65. The highest BCUT2D eigenvalue weighted by atomic mass is 16.6. The highest BCUT2D eigenvalue weighted by Gasteiger charge is 2.09. The minimum atomic E-state index is 0.429. The van der Waals surface area contributed by atoms with E-state index in [1.807, 2.05) is 12.1 Å². The summed E-state index contributed by atoms with van der Waals surface area (Å²) in [5.41, 5.74) is 1.22. The lowest BCUT2D eigenvalue weighted by molar-refractivity contribution is -0.00842. The molecule has 0 unspecified atom stereocenters. The second-order valence-corrected chi connectivity index (χ2v) is 6.01. The van der Waals surface area contributed by atoms with Gasteiger partial charge in [-0.1, -0.05) is 19.9 Å². The number of fused-ring (bicyclic) bond motifs is 1. The zero-order valence-electron chi connectivity index (χ0n) is 15.3. The molecule has 6 heteroatoms. The van der Waals surface area contributed by atoms with Crippen molar-refractivity contribution in [3.8, 4) is 11.5 Å². The van der Waals surface area contributed by atoms with E-state index >= 15 is 0 Å². The van der Waals surface area contributed by atoms with Crippen LogP contribution in [-0.2, 0) is 18.9 Å². The number of ether oxygens (including phenoxy) is 6. The van der Waals surface area contributed by atoms with Crippen molar-refractivity contribution in [2.45, 2.75) is 19.8 Å². The first-order valence-corrected chi connectivity index (χ1v) is 8.98. The first-order valence-electron chi connectivity index (χ1n) is 8.98. The SMILES string of the molecule is CC(C)c1ccc2c(c1)OCCOCCOCCOCCOCCO2. The smallest absolute Gasteiger partial charge is 0.161 e. The Morgan fingerprint density at radius 1 is 0.600 bits per heavy atom. The van der Waals surface area contributed by atoms with Crippen molar-refractivity contribution in [3.63, 3.8) is 0 Å². The third-order valence-corrected chi connectivity index (χ3v) is 3.72. The van der Waals surface area contributed by atoms with E-state index in [4.69, 9.17) is 28.4 Å². The van der Waals surface area contributed by atoms with Crippen molar-refractivity contribution in [3.05, 3.63) is 23.8 Å². The fourth-order valence-electron chi connectivity index (χ4n) is 2.30. The molecule has 0 N–H and O–H groups in total. The van der Waals surface area contributed by atoms with E-state index in [1.54, 1.807) is 0 Å². The summed E-state index contributed by atoms with van der Waals surface area (Å²) in [5, 5.41) is 0. The van der Waals surface area contributed by atoms with Crippen molar-refractivity contribution in [2.75, 3.05) is 66.1 Å². The summed E-state index contributed by atoms with van der Waals surface area (Å²) in [7, 11) is 0. The van der Waals surface area contributed by atoms with Crippen molar-refractivity contribution >= 4 is 0 Å². The standard InChI is InChI=1S/C19H30O6/c1-16(2)17-3-4-18-19(15-17)25-14-12-23-10-8-21-6-5-20-7-9-22-11-13-24-18/h3-4,15-16H,5-14H2,1-2H3. The molecule has 2 rings (SSSR count). The van der Waals surface area contributed by atoms with Crippen LogP contribution in [0.1, 0.15) is 25.3 Å². The van der Waals surface area contributed by atoms with Crippen LogP contribution in [0.3, 0.4) is 0 Å². The molecule has 25 heavy (non-hydrogen) atoms. The summed E-state index contributed by atoms with van der Waals surface area (Å²) < 4.78 is 33.6. The molecule has 0 saturated carbocycles. The fraction of sp³-hybridized carbons (Fsp3) is 0.684. The molecular weight excluding hydrogens is 324 g/mol. The number of hydrogen-bond donors (Lipinski definition) is 0. The fourth-order valence-corrected chi connectivity index (χ4v) is 2.30. The van der Waals surface area contributed by atoms with Gasteiger partial charge in [-0.2, -0.15) is 0 Å². The molecule has 0 spiro atoms. The molecule has 1 aliphatic heterocycles. The van der Waals surface area contributed by atoms with Gasteiger partial charge in [0.05, 0.1) is 52.9 Å². The van der Waals surface area contributed by atoms with Crippen molar-refractivity contribution in [1.29, 1.82) is 0 Å². The molecule has 0 amide bonds. The van der Waals surface area contributed by atoms with Gasteiger partial charge in [-0.25, -0.2) is 0 Å². The van der Waals surface area contributed by atoms with Gasteiger partial charge in [-0.15, -0.1) is 0 Å². The Labute approximate surface area is 150 Å². The topological polar surface area (TPSA) is 55.4 Å². The minimum absolute atomic E-state index is 0.429. The molecule has 1 heterocycles. The van der Waals surface area contributed by atoms with Crippen LogP contribution in [0, 0.1) is 0 Å². The summed E-state index contributed by atoms with van der Waals surface area (Å²) in [6, 6.07) is 6.07. The molecule has 6 nitrogen and oxygen atoms in total. The zero-order chi connectivity index (χ0) is 17.7. The van der Waals surface area contributed by atoms with E-state index in [9.17, 15) is 0 Å². The number of rotatable bonds is 1. The van der Waals surface area contributed by atoms with E-state index in [1.165, 1.54) is 5.56 Å². The van der Waals surface area contributed by atoms with Gasteiger partial charge in [-0.05, 0) is 23.6 Å². The molecule has 0 bridgehead atoms. The van der Waals surface area contributed by atoms with Gasteiger partial charge >= 0.3 is 0 Å². The Kier molecular flexibility index (Phi) is 9.66. The molecule has 1 aromatic rings. The van der Waals surface area contributed by atoms with Gasteiger partial charge in [0, 0.05) is 0 Å². The molecule has 0 aliphatic carbocycles. The molecule has 1 aliphatic rings. The maximum Gasteiger partial charge on any atom is 0.161 e. The van der Waals surface area contributed by atoms with E-state index in [0.29, 0.717) is 72.0 Å². The second-order valence-electron chi connectivity index (χ2n) is 6.01. The van der Waals surface area contributed by atoms with Crippen LogP contribution >= 0.6 is 0 Å². The van der Waals surface area contributed by atoms with E-state index in [2.05, 4.69) is 19.9 Å². The summed E-state index contributed by atoms with van der Waals surface area (Å²) >= 11 is 0. The van der Waals surface area contributed by atoms with E-state index < -0.39 is 0 Å². The van der Waals surface area contributed by atoms with Gasteiger partial charge in [0.1, 0.15) is 13.2 Å². The summed E-state index contributed by atoms with van der Waals surface area (Å²) in [4.78, 5) is 0. The van der Waals surface area contributed by atoms with Crippen LogP contribution in [0.25, 0.3) is 0 Å². The van der Waals surface area contributed by atoms with Crippen LogP contribution in [-0.4, -0.2) is 66.1 Å². The molecule has 142 valence electrons. The Morgan fingerprint density at radius 3 is 1.52 bits per heavy atom. The molecule has 0 fully saturated rings. The molecule has 1 aromatic carbocycles. The monoisotopic (exact) mass is 354 g/mol. The van der Waals surface area contributed by atoms with Gasteiger partial charge in [0.15, 0.2) is 11.5 Å². The maximum atomic E-state index is 5.87. The summed E-state index contributed by atoms with van der Waals surface area (Å²) in [6.45, 7) is 9.59. The highest BCUT2D eigenvalue weighted by molar-refractivity contribution is 5.43. The van der Waals surface area contributed by atoms with Crippen LogP contribution in [0.4, 0.5) is 0 Å². The first-order chi connectivity index (χ1) is 12.3. The lowest BCUT2D eigenvalue weighted by Gasteiger charge is -2.16. The Balaban J connectivity index is 1.92. The van der Waals surface area contributed by atoms with Crippen LogP contribution in [0.2, 0.25) is 0 Å². The van der Waals surface area contributed by atoms with Crippen molar-refractivity contribution in [2.24, 2.45) is 0 Å². The highest BCUT2D eigenvalue weighted by Crippen LogP contribution is 2.31. The Morgan fingerprint density at radius 2 is 1.04 bits per heavy atom. The first kappa shape index (κ1) is 20.0. The quantitative estimate of drug-likeness (QED) is 0.773. The van der Waals surface area contributed by atoms with E-state index in [-0.39, 0.29) is 0 Å². The van der Waals surface area contributed by atoms with Crippen LogP contribution in [0.5, 0.6) is 11.5 Å². The van der Waals surface area contributed by atoms with Crippen molar-refractivity contribution < 1.29 is 28.4 Å². The van der Waals surface area contributed by atoms with Gasteiger partial charge in [0.25, 0.3) is 0 Å². The average Bonchev–Trinajstić information content (AvgIpc) is 2.61. The molecule has 0 atom stereocenters. The molecule has 0 aromatic heterocycles. The Hall–Kier alpha value is -1.34. The van der Waals surface area contributed by atoms with E-state index in [0.717, 1.165) is 11.5 Å². The van der Waals surface area contributed by atoms with Crippen molar-refractivity contribution in [1.82, 2.24) is 0 Å². The summed E-state index contributed by atoms with van der Waals surface area (Å²) in [5.74, 6) is 1.91. The van der Waals surface area contributed by atoms with Gasteiger partial charge in [0.2, 0.25) is 0 Å². The van der Waals surface area contributed by atoms with Crippen LogP contribution < -0.4 is 9.47 Å². The van der Waals surface area contributed by atoms with Gasteiger partial charge < -0.3 is 28.4 Å². The van der Waals surface area contributed by atoms with Gasteiger partial charge in [-0.3, -0.25) is 0 Å². The third-order valence-electron chi connectivity index (χ3n) is 3.72. The summed E-state index contributed by atoms with van der Waals surface area (Å²) in [6.07, 6.45) is 0. The number of hydrogen-bond acceptors (Lipinski definition) is 6. The molecule has 0 radical (unpaired) electrons. The van der Waals surface area contributed by atoms with Crippen LogP contribution in [0.15, 0.2) is 18.2 Å². The zero-order valence-corrected chi connectivity index (χ0v) is 15.3. The minimum Gasteiger partial charge on any atom is -0.487 e. The third kappa shape index (κ3) is 8.05. The maximum absolute atomic E-state index is 5.87. The predicted molar refractivity (Wildman–Crippen MR) is 94.8 cm³/mol. The number of benzene rings is 1. The largest absolute Gasteiger partial charge is 0.487 e. The molecular formula is C19H30O6.